The Hall–Kier alpha value is 0.230. The first-order valence-corrected chi connectivity index (χ1v) is 8.34. The molecule has 0 amide bonds. The number of nitrogens with zero attached hydrogens (tertiary/aromatic N) is 1. The van der Waals surface area contributed by atoms with Crippen molar-refractivity contribution in [3.8, 4) is 0 Å². The van der Waals surface area contributed by atoms with Crippen LogP contribution in [0.15, 0.2) is 0 Å². The summed E-state index contributed by atoms with van der Waals surface area (Å²) in [5.41, 5.74) is -0.00264. The number of halogens is 4. The quantitative estimate of drug-likeness (QED) is 0.533. The van der Waals surface area contributed by atoms with Gasteiger partial charge in [-0.25, -0.2) is 0 Å². The summed E-state index contributed by atoms with van der Waals surface area (Å²) in [6.45, 7) is 4.04. The van der Waals surface area contributed by atoms with Crippen molar-refractivity contribution in [3.63, 3.8) is 0 Å². The fourth-order valence-electron chi connectivity index (χ4n) is 2.93. The van der Waals surface area contributed by atoms with Crippen molar-refractivity contribution in [3.05, 3.63) is 0 Å². The van der Waals surface area contributed by atoms with Gasteiger partial charge in [-0.1, -0.05) is 42.6 Å². The highest BCUT2D eigenvalue weighted by Crippen LogP contribution is 2.38. The summed E-state index contributed by atoms with van der Waals surface area (Å²) < 4.78 is 38.1. The maximum Gasteiger partial charge on any atom is 0.401 e. The fourth-order valence-corrected chi connectivity index (χ4v) is 3.67. The number of hydrogen-bond acceptors (Lipinski definition) is 1. The first-order valence-electron chi connectivity index (χ1n) is 7.22. The van der Waals surface area contributed by atoms with Crippen LogP contribution in [0.4, 0.5) is 13.2 Å². The molecule has 19 heavy (non-hydrogen) atoms. The van der Waals surface area contributed by atoms with E-state index in [9.17, 15) is 13.2 Å². The topological polar surface area (TPSA) is 3.24 Å². The predicted molar refractivity (Wildman–Crippen MR) is 76.7 cm³/mol. The van der Waals surface area contributed by atoms with Crippen LogP contribution in [0.5, 0.6) is 0 Å². The van der Waals surface area contributed by atoms with E-state index in [4.69, 9.17) is 0 Å². The average molecular weight is 344 g/mol. The molecule has 0 N–H and O–H groups in total. The second-order valence-electron chi connectivity index (χ2n) is 5.88. The predicted octanol–water partition coefficient (Wildman–Crippen LogP) is 4.99. The van der Waals surface area contributed by atoms with Gasteiger partial charge in [0.1, 0.15) is 0 Å². The molecule has 0 aromatic carbocycles. The molecule has 0 saturated heterocycles. The summed E-state index contributed by atoms with van der Waals surface area (Å²) in [6, 6.07) is 0.161. The van der Waals surface area contributed by atoms with Crippen molar-refractivity contribution in [2.45, 2.75) is 64.6 Å². The van der Waals surface area contributed by atoms with Crippen molar-refractivity contribution in [1.82, 2.24) is 4.90 Å². The second-order valence-corrected chi connectivity index (χ2v) is 6.45. The van der Waals surface area contributed by atoms with Gasteiger partial charge in [0.15, 0.2) is 0 Å². The van der Waals surface area contributed by atoms with Crippen molar-refractivity contribution < 1.29 is 13.2 Å². The van der Waals surface area contributed by atoms with Gasteiger partial charge in [0.05, 0.1) is 6.54 Å². The van der Waals surface area contributed by atoms with E-state index in [1.165, 1.54) is 0 Å². The smallest absolute Gasteiger partial charge is 0.291 e. The third kappa shape index (κ3) is 6.03. The third-order valence-corrected chi connectivity index (χ3v) is 5.02. The molecule has 0 atom stereocenters. The first kappa shape index (κ1) is 17.3. The standard InChI is InChI=1S/C14H25BrF3N/c1-3-7-13(9-15,8-4-2)10-19(12-5-6-12)11-14(16,17)18/h12H,3-11H2,1-2H3. The molecule has 1 aliphatic rings. The first-order chi connectivity index (χ1) is 8.86. The van der Waals surface area contributed by atoms with E-state index in [1.807, 2.05) is 0 Å². The van der Waals surface area contributed by atoms with E-state index in [2.05, 4.69) is 29.8 Å². The minimum Gasteiger partial charge on any atom is -0.291 e. The normalized spacial score (nSPS) is 17.2. The average Bonchev–Trinajstić information content (AvgIpc) is 3.10. The van der Waals surface area contributed by atoms with Gasteiger partial charge >= 0.3 is 6.18 Å². The van der Waals surface area contributed by atoms with Crippen LogP contribution >= 0.6 is 15.9 Å². The van der Waals surface area contributed by atoms with Crippen LogP contribution in [0.25, 0.3) is 0 Å². The molecule has 0 aromatic rings. The Morgan fingerprint density at radius 2 is 1.58 bits per heavy atom. The van der Waals surface area contributed by atoms with Gasteiger partial charge in [0.2, 0.25) is 0 Å². The van der Waals surface area contributed by atoms with Gasteiger partial charge in [0.25, 0.3) is 0 Å². The molecule has 0 aliphatic heterocycles. The van der Waals surface area contributed by atoms with Crippen LogP contribution in [0, 0.1) is 5.41 Å². The van der Waals surface area contributed by atoms with E-state index in [-0.39, 0.29) is 11.5 Å². The lowest BCUT2D eigenvalue weighted by molar-refractivity contribution is -0.150. The Morgan fingerprint density at radius 3 is 1.89 bits per heavy atom. The summed E-state index contributed by atoms with van der Waals surface area (Å²) in [4.78, 5) is 1.67. The third-order valence-electron chi connectivity index (χ3n) is 3.83. The molecule has 0 heterocycles. The van der Waals surface area contributed by atoms with Crippen LogP contribution in [0.2, 0.25) is 0 Å². The van der Waals surface area contributed by atoms with E-state index < -0.39 is 12.7 Å². The van der Waals surface area contributed by atoms with E-state index >= 15 is 0 Å². The van der Waals surface area contributed by atoms with Crippen LogP contribution in [0.3, 0.4) is 0 Å². The minimum absolute atomic E-state index is 0.00264. The number of rotatable bonds is 9. The summed E-state index contributed by atoms with van der Waals surface area (Å²) >= 11 is 3.54. The van der Waals surface area contributed by atoms with Crippen LogP contribution in [-0.4, -0.2) is 35.5 Å². The molecule has 0 spiro atoms. The van der Waals surface area contributed by atoms with Gasteiger partial charge in [-0.2, -0.15) is 13.2 Å². The van der Waals surface area contributed by atoms with Crippen molar-refractivity contribution in [2.75, 3.05) is 18.4 Å². The summed E-state index contributed by atoms with van der Waals surface area (Å²) in [5, 5.41) is 0.794. The van der Waals surface area contributed by atoms with Crippen molar-refractivity contribution >= 4 is 15.9 Å². The Balaban J connectivity index is 2.71. The molecular weight excluding hydrogens is 319 g/mol. The molecule has 0 radical (unpaired) electrons. The molecule has 1 nitrogen and oxygen atoms in total. The van der Waals surface area contributed by atoms with Gasteiger partial charge < -0.3 is 0 Å². The monoisotopic (exact) mass is 343 g/mol. The highest BCUT2D eigenvalue weighted by molar-refractivity contribution is 9.09. The molecule has 0 bridgehead atoms. The van der Waals surface area contributed by atoms with Gasteiger partial charge in [-0.15, -0.1) is 0 Å². The lowest BCUT2D eigenvalue weighted by Gasteiger charge is -2.38. The molecule has 1 fully saturated rings. The minimum atomic E-state index is -4.08. The number of hydrogen-bond donors (Lipinski definition) is 0. The van der Waals surface area contributed by atoms with Crippen LogP contribution in [-0.2, 0) is 0 Å². The molecule has 114 valence electrons. The van der Waals surface area contributed by atoms with Crippen LogP contribution in [0.1, 0.15) is 52.4 Å². The van der Waals surface area contributed by atoms with E-state index in [0.717, 1.165) is 43.9 Å². The van der Waals surface area contributed by atoms with Gasteiger partial charge in [0, 0.05) is 17.9 Å². The molecular formula is C14H25BrF3N. The van der Waals surface area contributed by atoms with Gasteiger partial charge in [-0.05, 0) is 31.1 Å². The van der Waals surface area contributed by atoms with E-state index in [0.29, 0.717) is 6.54 Å². The van der Waals surface area contributed by atoms with Crippen molar-refractivity contribution in [1.29, 1.82) is 0 Å². The van der Waals surface area contributed by atoms with Crippen molar-refractivity contribution in [2.24, 2.45) is 5.41 Å². The number of alkyl halides is 4. The highest BCUT2D eigenvalue weighted by atomic mass is 79.9. The summed E-state index contributed by atoms with van der Waals surface area (Å²) in [6.07, 6.45) is 1.80. The maximum absolute atomic E-state index is 12.7. The highest BCUT2D eigenvalue weighted by Gasteiger charge is 2.41. The Labute approximate surface area is 123 Å². The molecule has 0 aromatic heterocycles. The van der Waals surface area contributed by atoms with E-state index in [1.54, 1.807) is 4.90 Å². The molecule has 5 heteroatoms. The Bertz CT molecular complexity index is 258. The Morgan fingerprint density at radius 1 is 1.05 bits per heavy atom. The Kier molecular flexibility index (Phi) is 6.64. The second kappa shape index (κ2) is 7.30. The van der Waals surface area contributed by atoms with Gasteiger partial charge in [-0.3, -0.25) is 4.90 Å². The lowest BCUT2D eigenvalue weighted by atomic mass is 9.80. The zero-order valence-electron chi connectivity index (χ0n) is 11.9. The SMILES string of the molecule is CCCC(CBr)(CCC)CN(CC(F)(F)F)C1CC1. The molecule has 0 unspecified atom stereocenters. The van der Waals surface area contributed by atoms with Crippen LogP contribution < -0.4 is 0 Å². The lowest BCUT2D eigenvalue weighted by Crippen LogP contribution is -2.44. The summed E-state index contributed by atoms with van der Waals surface area (Å²) in [5.74, 6) is 0. The molecule has 1 saturated carbocycles. The molecule has 1 rings (SSSR count). The maximum atomic E-state index is 12.7. The zero-order chi connectivity index (χ0) is 14.5. The largest absolute Gasteiger partial charge is 0.401 e. The summed E-state index contributed by atoms with van der Waals surface area (Å²) in [7, 11) is 0. The fraction of sp³-hybridized carbons (Fsp3) is 1.00. The zero-order valence-corrected chi connectivity index (χ0v) is 13.5. The molecule has 1 aliphatic carbocycles.